The van der Waals surface area contributed by atoms with Crippen molar-refractivity contribution >= 4 is 11.8 Å². The molecule has 1 aliphatic heterocycles. The van der Waals surface area contributed by atoms with Crippen LogP contribution in [-0.4, -0.2) is 45.5 Å². The van der Waals surface area contributed by atoms with Gasteiger partial charge in [-0.1, -0.05) is 32.1 Å². The van der Waals surface area contributed by atoms with E-state index in [-0.39, 0.29) is 29.1 Å². The summed E-state index contributed by atoms with van der Waals surface area (Å²) in [5.74, 6) is 1.07. The second-order valence-corrected chi connectivity index (χ2v) is 8.23. The molecule has 7 heteroatoms. The maximum absolute atomic E-state index is 12.9. The minimum atomic E-state index is -0.437. The van der Waals surface area contributed by atoms with Gasteiger partial charge in [0.05, 0.1) is 0 Å². The van der Waals surface area contributed by atoms with Crippen LogP contribution >= 0.6 is 0 Å². The Bertz CT molecular complexity index is 735. The average Bonchev–Trinajstić information content (AvgIpc) is 3.48. The smallest absolute Gasteiger partial charge is 0.274 e. The number of carbonyl (C=O) groups excluding carboxylic acids is 2. The molecule has 27 heavy (non-hydrogen) atoms. The number of hydrogen-bond acceptors (Lipinski definition) is 4. The normalized spacial score (nSPS) is 28.6. The molecule has 2 aliphatic carbocycles. The first-order valence-electron chi connectivity index (χ1n) is 10.3. The molecular weight excluding hydrogens is 344 g/mol. The van der Waals surface area contributed by atoms with Gasteiger partial charge >= 0.3 is 0 Å². The van der Waals surface area contributed by atoms with E-state index >= 15 is 0 Å². The van der Waals surface area contributed by atoms with E-state index in [2.05, 4.69) is 15.5 Å². The Labute approximate surface area is 158 Å². The molecule has 2 amide bonds. The summed E-state index contributed by atoms with van der Waals surface area (Å²) < 4.78 is 0. The molecule has 4 rings (SSSR count). The Hall–Kier alpha value is -2.18. The van der Waals surface area contributed by atoms with Gasteiger partial charge in [0.2, 0.25) is 5.91 Å². The van der Waals surface area contributed by atoms with E-state index in [1.165, 1.54) is 44.2 Å². The second-order valence-electron chi connectivity index (χ2n) is 8.23. The van der Waals surface area contributed by atoms with Gasteiger partial charge in [-0.05, 0) is 43.6 Å². The predicted molar refractivity (Wildman–Crippen MR) is 100 cm³/mol. The molecule has 1 saturated heterocycles. The molecule has 3 atom stereocenters. The van der Waals surface area contributed by atoms with Crippen LogP contribution in [0.1, 0.15) is 68.3 Å². The van der Waals surface area contributed by atoms with Gasteiger partial charge in [0.1, 0.15) is 11.7 Å². The van der Waals surface area contributed by atoms with Crippen LogP contribution in [0.4, 0.5) is 0 Å². The van der Waals surface area contributed by atoms with Crippen LogP contribution in [0.5, 0.6) is 0 Å². The Kier molecular flexibility index (Phi) is 5.27. The first-order valence-corrected chi connectivity index (χ1v) is 10.3. The molecular formula is C20H28N4O3. The van der Waals surface area contributed by atoms with Crippen LogP contribution < -0.4 is 10.9 Å². The zero-order valence-electron chi connectivity index (χ0n) is 15.7. The monoisotopic (exact) mass is 372 g/mol. The van der Waals surface area contributed by atoms with Gasteiger partial charge in [0.25, 0.3) is 11.5 Å². The maximum Gasteiger partial charge on any atom is 0.274 e. The van der Waals surface area contributed by atoms with Gasteiger partial charge in [0, 0.05) is 18.7 Å². The zero-order valence-corrected chi connectivity index (χ0v) is 15.7. The lowest BCUT2D eigenvalue weighted by molar-refractivity contribution is -0.126. The van der Waals surface area contributed by atoms with E-state index in [1.54, 1.807) is 4.90 Å². The van der Waals surface area contributed by atoms with Crippen molar-refractivity contribution in [3.05, 3.63) is 28.2 Å². The van der Waals surface area contributed by atoms with E-state index in [4.69, 9.17) is 0 Å². The van der Waals surface area contributed by atoms with Crippen molar-refractivity contribution < 1.29 is 9.59 Å². The van der Waals surface area contributed by atoms with Gasteiger partial charge in [-0.25, -0.2) is 5.10 Å². The van der Waals surface area contributed by atoms with Crippen LogP contribution in [-0.2, 0) is 4.79 Å². The summed E-state index contributed by atoms with van der Waals surface area (Å²) in [7, 11) is 0. The number of nitrogens with zero attached hydrogens (tertiary/aromatic N) is 2. The highest BCUT2D eigenvalue weighted by molar-refractivity contribution is 5.96. The van der Waals surface area contributed by atoms with Gasteiger partial charge in [-0.15, -0.1) is 0 Å². The van der Waals surface area contributed by atoms with Gasteiger partial charge in [-0.2, -0.15) is 5.10 Å². The average molecular weight is 372 g/mol. The number of amides is 2. The van der Waals surface area contributed by atoms with Crippen molar-refractivity contribution in [3.8, 4) is 0 Å². The Morgan fingerprint density at radius 1 is 1.07 bits per heavy atom. The Morgan fingerprint density at radius 3 is 2.59 bits per heavy atom. The van der Waals surface area contributed by atoms with E-state index in [1.807, 2.05) is 0 Å². The predicted octanol–water partition coefficient (Wildman–Crippen LogP) is 1.85. The third-order valence-corrected chi connectivity index (χ3v) is 6.39. The fraction of sp³-hybridized carbons (Fsp3) is 0.700. The first-order chi connectivity index (χ1) is 13.1. The summed E-state index contributed by atoms with van der Waals surface area (Å²) >= 11 is 0. The number of aromatic amines is 1. The van der Waals surface area contributed by atoms with Crippen LogP contribution in [0.3, 0.4) is 0 Å². The van der Waals surface area contributed by atoms with Gasteiger partial charge in [-0.3, -0.25) is 14.4 Å². The van der Waals surface area contributed by atoms with E-state index < -0.39 is 6.04 Å². The lowest BCUT2D eigenvalue weighted by Gasteiger charge is -2.34. The molecule has 0 radical (unpaired) electrons. The van der Waals surface area contributed by atoms with Crippen LogP contribution in [0.25, 0.3) is 0 Å². The van der Waals surface area contributed by atoms with Crippen LogP contribution in [0.2, 0.25) is 0 Å². The molecule has 0 bridgehead atoms. The number of rotatable bonds is 4. The molecule has 0 unspecified atom stereocenters. The molecule has 1 aromatic rings. The summed E-state index contributed by atoms with van der Waals surface area (Å²) in [6, 6.07) is 2.56. The lowest BCUT2D eigenvalue weighted by atomic mass is 9.85. The highest BCUT2D eigenvalue weighted by atomic mass is 16.2. The summed E-state index contributed by atoms with van der Waals surface area (Å²) in [4.78, 5) is 38.5. The van der Waals surface area contributed by atoms with E-state index in [0.29, 0.717) is 18.9 Å². The molecule has 0 aromatic carbocycles. The molecule has 3 fully saturated rings. The molecule has 2 heterocycles. The van der Waals surface area contributed by atoms with Gasteiger partial charge in [0.15, 0.2) is 0 Å². The van der Waals surface area contributed by atoms with E-state index in [0.717, 1.165) is 25.2 Å². The van der Waals surface area contributed by atoms with Gasteiger partial charge < -0.3 is 10.2 Å². The summed E-state index contributed by atoms with van der Waals surface area (Å²) in [5.41, 5.74) is -0.164. The standard InChI is InChI=1S/C20H28N4O3/c25-18-10-9-15(22-23-18)20(27)24-11-5-4-8-17(24)19(26)21-16-12-14(16)13-6-2-1-3-7-13/h9-10,13-14,16-17H,1-8,11-12H2,(H,21,26)(H,23,25)/t14-,16+,17+/m0/s1. The third kappa shape index (κ3) is 4.06. The van der Waals surface area contributed by atoms with Crippen molar-refractivity contribution in [2.45, 2.75) is 69.9 Å². The number of H-pyrrole nitrogens is 1. The first kappa shape index (κ1) is 18.2. The highest BCUT2D eigenvalue weighted by Crippen LogP contribution is 2.44. The fourth-order valence-electron chi connectivity index (χ4n) is 4.80. The summed E-state index contributed by atoms with van der Waals surface area (Å²) in [6.45, 7) is 0.550. The summed E-state index contributed by atoms with van der Waals surface area (Å²) in [6.07, 6.45) is 10.2. The van der Waals surface area contributed by atoms with Crippen molar-refractivity contribution in [2.24, 2.45) is 11.8 Å². The Balaban J connectivity index is 1.38. The lowest BCUT2D eigenvalue weighted by Crippen LogP contribution is -2.52. The maximum atomic E-state index is 12.9. The third-order valence-electron chi connectivity index (χ3n) is 6.39. The van der Waals surface area contributed by atoms with Crippen LogP contribution in [0, 0.1) is 11.8 Å². The Morgan fingerprint density at radius 2 is 1.85 bits per heavy atom. The number of piperidine rings is 1. The van der Waals surface area contributed by atoms with Crippen molar-refractivity contribution in [3.63, 3.8) is 0 Å². The molecule has 2 saturated carbocycles. The molecule has 146 valence electrons. The topological polar surface area (TPSA) is 95.2 Å². The highest BCUT2D eigenvalue weighted by Gasteiger charge is 2.45. The second kappa shape index (κ2) is 7.82. The molecule has 2 N–H and O–H groups in total. The SMILES string of the molecule is O=C(N[C@@H]1C[C@H]1C1CCCCC1)[C@H]1CCCCN1C(=O)c1ccc(=O)[nH]n1. The van der Waals surface area contributed by atoms with Crippen LogP contribution in [0.15, 0.2) is 16.9 Å². The quantitative estimate of drug-likeness (QED) is 0.843. The number of likely N-dealkylation sites (tertiary alicyclic amines) is 1. The zero-order chi connectivity index (χ0) is 18.8. The summed E-state index contributed by atoms with van der Waals surface area (Å²) in [5, 5.41) is 9.33. The molecule has 3 aliphatic rings. The number of aromatic nitrogens is 2. The minimum absolute atomic E-state index is 0.0317. The minimum Gasteiger partial charge on any atom is -0.351 e. The largest absolute Gasteiger partial charge is 0.351 e. The van der Waals surface area contributed by atoms with Crippen molar-refractivity contribution in [2.75, 3.05) is 6.54 Å². The molecule has 7 nitrogen and oxygen atoms in total. The van der Waals surface area contributed by atoms with Crippen molar-refractivity contribution in [1.82, 2.24) is 20.4 Å². The van der Waals surface area contributed by atoms with Crippen molar-refractivity contribution in [1.29, 1.82) is 0 Å². The number of nitrogens with one attached hydrogen (secondary N) is 2. The number of carbonyl (C=O) groups is 2. The van der Waals surface area contributed by atoms with E-state index in [9.17, 15) is 14.4 Å². The number of hydrogen-bond donors (Lipinski definition) is 2. The fourth-order valence-corrected chi connectivity index (χ4v) is 4.80. The molecule has 0 spiro atoms. The molecule has 1 aromatic heterocycles.